The van der Waals surface area contributed by atoms with Crippen LogP contribution in [0.25, 0.3) is 0 Å². The van der Waals surface area contributed by atoms with Crippen molar-refractivity contribution in [1.29, 1.82) is 0 Å². The molecule has 0 N–H and O–H groups in total. The van der Waals surface area contributed by atoms with Gasteiger partial charge in [-0.25, -0.2) is 0 Å². The summed E-state index contributed by atoms with van der Waals surface area (Å²) in [5.74, 6) is 0.619. The first-order valence-electron chi connectivity index (χ1n) is 7.27. The van der Waals surface area contributed by atoms with Gasteiger partial charge >= 0.3 is 0 Å². The summed E-state index contributed by atoms with van der Waals surface area (Å²) in [7, 11) is 0. The second kappa shape index (κ2) is 11.8. The van der Waals surface area contributed by atoms with Crippen LogP contribution < -0.4 is 0 Å². The molecule has 0 aliphatic heterocycles. The number of nitrogens with zero attached hydrogens (tertiary/aromatic N) is 1. The number of hydrogen-bond donors (Lipinski definition) is 0. The molecule has 0 aromatic carbocycles. The number of rotatable bonds is 12. The topological polar surface area (TPSA) is 3.24 Å². The van der Waals surface area contributed by atoms with Crippen molar-refractivity contribution in [3.05, 3.63) is 25.4 Å². The Labute approximate surface area is 109 Å². The summed E-state index contributed by atoms with van der Waals surface area (Å²) < 4.78 is 0. The first-order valence-corrected chi connectivity index (χ1v) is 7.27. The maximum absolute atomic E-state index is 3.93. The van der Waals surface area contributed by atoms with Gasteiger partial charge in [0.15, 0.2) is 0 Å². The van der Waals surface area contributed by atoms with Gasteiger partial charge in [-0.3, -0.25) is 0 Å². The van der Waals surface area contributed by atoms with Gasteiger partial charge in [-0.2, -0.15) is 0 Å². The molecule has 0 fully saturated rings. The molecule has 1 heteroatoms. The van der Waals surface area contributed by atoms with Gasteiger partial charge in [0.2, 0.25) is 0 Å². The molecule has 0 amide bonds. The highest BCUT2D eigenvalue weighted by atomic mass is 15.1. The SMILES string of the molecule is C=CC(CCC)CN(C=C)CCCCCCC. The van der Waals surface area contributed by atoms with E-state index in [4.69, 9.17) is 0 Å². The average Bonchev–Trinajstić information content (AvgIpc) is 2.36. The van der Waals surface area contributed by atoms with Crippen LogP contribution in [0, 0.1) is 5.92 Å². The van der Waals surface area contributed by atoms with Crippen molar-refractivity contribution in [2.75, 3.05) is 13.1 Å². The largest absolute Gasteiger partial charge is 0.377 e. The highest BCUT2D eigenvalue weighted by molar-refractivity contribution is 4.84. The van der Waals surface area contributed by atoms with E-state index in [1.165, 1.54) is 44.9 Å². The molecule has 0 bridgehead atoms. The molecule has 0 aromatic heterocycles. The standard InChI is InChI=1S/C16H31N/c1-5-9-10-11-12-14-17(8-4)15-16(7-3)13-6-2/h7-8,16H,3-6,9-15H2,1-2H3. The van der Waals surface area contributed by atoms with Crippen LogP contribution in [0.3, 0.4) is 0 Å². The Balaban J connectivity index is 3.74. The molecular formula is C16H31N. The van der Waals surface area contributed by atoms with E-state index >= 15 is 0 Å². The van der Waals surface area contributed by atoms with E-state index < -0.39 is 0 Å². The van der Waals surface area contributed by atoms with Crippen LogP contribution in [0.5, 0.6) is 0 Å². The Morgan fingerprint density at radius 2 is 1.71 bits per heavy atom. The molecule has 0 rings (SSSR count). The zero-order chi connectivity index (χ0) is 12.9. The van der Waals surface area contributed by atoms with Gasteiger partial charge in [0.25, 0.3) is 0 Å². The third kappa shape index (κ3) is 9.02. The minimum absolute atomic E-state index is 0.619. The van der Waals surface area contributed by atoms with Crippen LogP contribution in [0.2, 0.25) is 0 Å². The summed E-state index contributed by atoms with van der Waals surface area (Å²) in [5, 5.41) is 0. The summed E-state index contributed by atoms with van der Waals surface area (Å²) in [4.78, 5) is 2.36. The zero-order valence-corrected chi connectivity index (χ0v) is 12.0. The highest BCUT2D eigenvalue weighted by Gasteiger charge is 2.07. The molecule has 0 saturated carbocycles. The summed E-state index contributed by atoms with van der Waals surface area (Å²) in [5.41, 5.74) is 0. The van der Waals surface area contributed by atoms with Gasteiger partial charge in [0.05, 0.1) is 0 Å². The normalized spacial score (nSPS) is 12.1. The van der Waals surface area contributed by atoms with Crippen molar-refractivity contribution in [2.45, 2.75) is 58.8 Å². The van der Waals surface area contributed by atoms with E-state index in [2.05, 4.69) is 38.0 Å². The molecule has 0 saturated heterocycles. The van der Waals surface area contributed by atoms with Gasteiger partial charge in [0.1, 0.15) is 0 Å². The Morgan fingerprint density at radius 3 is 2.24 bits per heavy atom. The molecule has 100 valence electrons. The third-order valence-corrected chi connectivity index (χ3v) is 3.27. The van der Waals surface area contributed by atoms with Crippen molar-refractivity contribution in [3.63, 3.8) is 0 Å². The lowest BCUT2D eigenvalue weighted by Gasteiger charge is -2.24. The van der Waals surface area contributed by atoms with Crippen LogP contribution in [0.1, 0.15) is 58.8 Å². The van der Waals surface area contributed by atoms with Crippen LogP contribution in [0.4, 0.5) is 0 Å². The highest BCUT2D eigenvalue weighted by Crippen LogP contribution is 2.11. The van der Waals surface area contributed by atoms with Gasteiger partial charge in [-0.15, -0.1) is 6.58 Å². The summed E-state index contributed by atoms with van der Waals surface area (Å²) in [6.07, 6.45) is 13.3. The summed E-state index contributed by atoms with van der Waals surface area (Å²) in [6.45, 7) is 14.6. The maximum atomic E-state index is 3.93. The quantitative estimate of drug-likeness (QED) is 0.341. The maximum Gasteiger partial charge on any atom is 0.0235 e. The lowest BCUT2D eigenvalue weighted by Crippen LogP contribution is -2.24. The minimum atomic E-state index is 0.619. The van der Waals surface area contributed by atoms with Crippen molar-refractivity contribution in [2.24, 2.45) is 5.92 Å². The fourth-order valence-electron chi connectivity index (χ4n) is 2.13. The molecule has 0 radical (unpaired) electrons. The van der Waals surface area contributed by atoms with Gasteiger partial charge in [-0.1, -0.05) is 58.6 Å². The van der Waals surface area contributed by atoms with E-state index in [9.17, 15) is 0 Å². The van der Waals surface area contributed by atoms with Crippen LogP contribution in [-0.4, -0.2) is 18.0 Å². The lowest BCUT2D eigenvalue weighted by atomic mass is 10.0. The molecule has 17 heavy (non-hydrogen) atoms. The monoisotopic (exact) mass is 237 g/mol. The van der Waals surface area contributed by atoms with E-state index in [1.807, 2.05) is 6.20 Å². The van der Waals surface area contributed by atoms with E-state index in [1.54, 1.807) is 0 Å². The molecule has 0 heterocycles. The molecule has 0 aromatic rings. The molecule has 0 aliphatic carbocycles. The molecule has 1 unspecified atom stereocenters. The predicted molar refractivity (Wildman–Crippen MR) is 79.1 cm³/mol. The molecule has 0 spiro atoms. The molecule has 1 nitrogen and oxygen atoms in total. The summed E-state index contributed by atoms with van der Waals surface area (Å²) in [6, 6.07) is 0. The van der Waals surface area contributed by atoms with Gasteiger partial charge in [-0.05, 0) is 25.0 Å². The fraction of sp³-hybridized carbons (Fsp3) is 0.750. The molecule has 0 aliphatic rings. The lowest BCUT2D eigenvalue weighted by molar-refractivity contribution is 0.318. The van der Waals surface area contributed by atoms with E-state index in [-0.39, 0.29) is 0 Å². The predicted octanol–water partition coefficient (Wildman–Crippen LogP) is 5.00. The Bertz CT molecular complexity index is 186. The van der Waals surface area contributed by atoms with Crippen LogP contribution >= 0.6 is 0 Å². The Hall–Kier alpha value is -0.720. The van der Waals surface area contributed by atoms with Crippen molar-refractivity contribution in [1.82, 2.24) is 4.90 Å². The zero-order valence-electron chi connectivity index (χ0n) is 12.0. The first kappa shape index (κ1) is 16.3. The Morgan fingerprint density at radius 1 is 1.00 bits per heavy atom. The molecular weight excluding hydrogens is 206 g/mol. The minimum Gasteiger partial charge on any atom is -0.377 e. The van der Waals surface area contributed by atoms with Crippen molar-refractivity contribution >= 4 is 0 Å². The first-order chi connectivity index (χ1) is 8.28. The van der Waals surface area contributed by atoms with E-state index in [0.29, 0.717) is 5.92 Å². The smallest absolute Gasteiger partial charge is 0.0235 e. The van der Waals surface area contributed by atoms with Gasteiger partial charge < -0.3 is 4.90 Å². The van der Waals surface area contributed by atoms with Crippen molar-refractivity contribution < 1.29 is 0 Å². The van der Waals surface area contributed by atoms with E-state index in [0.717, 1.165) is 13.1 Å². The number of unbranched alkanes of at least 4 members (excludes halogenated alkanes) is 4. The van der Waals surface area contributed by atoms with Crippen LogP contribution in [0.15, 0.2) is 25.4 Å². The fourth-order valence-corrected chi connectivity index (χ4v) is 2.13. The van der Waals surface area contributed by atoms with Gasteiger partial charge in [0, 0.05) is 13.1 Å². The second-order valence-corrected chi connectivity index (χ2v) is 4.88. The Kier molecular flexibility index (Phi) is 11.3. The van der Waals surface area contributed by atoms with Crippen LogP contribution in [-0.2, 0) is 0 Å². The third-order valence-electron chi connectivity index (χ3n) is 3.27. The van der Waals surface area contributed by atoms with Crippen molar-refractivity contribution in [3.8, 4) is 0 Å². The number of hydrogen-bond acceptors (Lipinski definition) is 1. The summed E-state index contributed by atoms with van der Waals surface area (Å²) >= 11 is 0. The second-order valence-electron chi connectivity index (χ2n) is 4.88. The molecule has 1 atom stereocenters. The average molecular weight is 237 g/mol.